The standard InChI is InChI=1S/C15H25NO/c1-8-12(6)14-13(16-7)9-17-15(14,10(2)3)11(4)5/h8,10-11H,7,9H2,1-6H3/b12-8-. The van der Waals surface area contributed by atoms with Gasteiger partial charge in [-0.05, 0) is 38.0 Å². The first kappa shape index (κ1) is 14.2. The molecule has 17 heavy (non-hydrogen) atoms. The van der Waals surface area contributed by atoms with Gasteiger partial charge in [-0.2, -0.15) is 0 Å². The van der Waals surface area contributed by atoms with E-state index in [1.54, 1.807) is 0 Å². The monoisotopic (exact) mass is 235 g/mol. The zero-order valence-corrected chi connectivity index (χ0v) is 12.0. The molecule has 0 amide bonds. The second-order valence-corrected chi connectivity index (χ2v) is 5.34. The highest BCUT2D eigenvalue weighted by Gasteiger charge is 2.47. The topological polar surface area (TPSA) is 21.6 Å². The summed E-state index contributed by atoms with van der Waals surface area (Å²) in [6.07, 6.45) is 2.13. The average Bonchev–Trinajstić information content (AvgIpc) is 2.68. The van der Waals surface area contributed by atoms with Gasteiger partial charge in [0.1, 0.15) is 5.60 Å². The molecule has 1 rings (SSSR count). The summed E-state index contributed by atoms with van der Waals surface area (Å²) < 4.78 is 6.15. The number of aliphatic imine (C=N–C) groups is 1. The highest BCUT2D eigenvalue weighted by atomic mass is 16.5. The Kier molecular flexibility index (Phi) is 4.31. The maximum absolute atomic E-state index is 6.15. The minimum atomic E-state index is -0.215. The number of ether oxygens (including phenoxy) is 1. The molecule has 96 valence electrons. The summed E-state index contributed by atoms with van der Waals surface area (Å²) in [5.41, 5.74) is 3.29. The molecular formula is C15H25NO. The Morgan fingerprint density at radius 2 is 1.88 bits per heavy atom. The van der Waals surface area contributed by atoms with Crippen molar-refractivity contribution in [3.05, 3.63) is 22.9 Å². The highest BCUT2D eigenvalue weighted by molar-refractivity contribution is 5.47. The van der Waals surface area contributed by atoms with Crippen LogP contribution in [-0.2, 0) is 4.74 Å². The van der Waals surface area contributed by atoms with Crippen LogP contribution in [-0.4, -0.2) is 18.9 Å². The van der Waals surface area contributed by atoms with Crippen LogP contribution in [0.1, 0.15) is 41.5 Å². The Labute approximate surface area is 105 Å². The summed E-state index contributed by atoms with van der Waals surface area (Å²) >= 11 is 0. The van der Waals surface area contributed by atoms with Gasteiger partial charge in [0.2, 0.25) is 0 Å². The van der Waals surface area contributed by atoms with Crippen molar-refractivity contribution in [3.63, 3.8) is 0 Å². The highest BCUT2D eigenvalue weighted by Crippen LogP contribution is 2.46. The zero-order chi connectivity index (χ0) is 13.2. The van der Waals surface area contributed by atoms with Gasteiger partial charge in [-0.15, -0.1) is 0 Å². The molecular weight excluding hydrogens is 210 g/mol. The fraction of sp³-hybridized carbons (Fsp3) is 0.667. The van der Waals surface area contributed by atoms with E-state index in [-0.39, 0.29) is 5.60 Å². The van der Waals surface area contributed by atoms with Crippen LogP contribution in [0.2, 0.25) is 0 Å². The van der Waals surface area contributed by atoms with E-state index >= 15 is 0 Å². The van der Waals surface area contributed by atoms with Crippen LogP contribution in [0.25, 0.3) is 0 Å². The lowest BCUT2D eigenvalue weighted by Gasteiger charge is -2.39. The van der Waals surface area contributed by atoms with E-state index in [9.17, 15) is 0 Å². The Morgan fingerprint density at radius 1 is 1.35 bits per heavy atom. The van der Waals surface area contributed by atoms with E-state index in [0.29, 0.717) is 18.4 Å². The van der Waals surface area contributed by atoms with Crippen LogP contribution in [0.15, 0.2) is 27.9 Å². The number of hydrogen-bond donors (Lipinski definition) is 0. The molecule has 0 saturated carbocycles. The molecule has 0 aromatic heterocycles. The van der Waals surface area contributed by atoms with E-state index in [4.69, 9.17) is 4.74 Å². The quantitative estimate of drug-likeness (QED) is 0.675. The van der Waals surface area contributed by atoms with Gasteiger partial charge in [0.25, 0.3) is 0 Å². The molecule has 1 aliphatic rings. The SMILES string of the molecule is C=NC1=C(/C(C)=C\C)C(C(C)C)(C(C)C)OC1. The maximum Gasteiger partial charge on any atom is 0.100 e. The number of nitrogens with zero attached hydrogens (tertiary/aromatic N) is 1. The molecule has 1 aliphatic heterocycles. The van der Waals surface area contributed by atoms with Crippen molar-refractivity contribution in [1.82, 2.24) is 0 Å². The first-order chi connectivity index (χ1) is 7.91. The van der Waals surface area contributed by atoms with Crippen LogP contribution in [0.3, 0.4) is 0 Å². The Morgan fingerprint density at radius 3 is 2.24 bits per heavy atom. The normalized spacial score (nSPS) is 20.6. The van der Waals surface area contributed by atoms with Gasteiger partial charge in [0.05, 0.1) is 12.3 Å². The Balaban J connectivity index is 3.43. The molecule has 0 fully saturated rings. The molecule has 0 spiro atoms. The van der Waals surface area contributed by atoms with Crippen molar-refractivity contribution >= 4 is 6.72 Å². The van der Waals surface area contributed by atoms with Gasteiger partial charge in [0.15, 0.2) is 0 Å². The Hall–Kier alpha value is -0.890. The van der Waals surface area contributed by atoms with Gasteiger partial charge in [-0.3, -0.25) is 4.99 Å². The summed E-state index contributed by atoms with van der Waals surface area (Å²) in [6.45, 7) is 17.3. The molecule has 2 heteroatoms. The van der Waals surface area contributed by atoms with E-state index in [1.165, 1.54) is 11.1 Å². The fourth-order valence-electron chi connectivity index (χ4n) is 2.94. The molecule has 2 nitrogen and oxygen atoms in total. The van der Waals surface area contributed by atoms with Crippen molar-refractivity contribution in [2.75, 3.05) is 6.61 Å². The van der Waals surface area contributed by atoms with Gasteiger partial charge in [-0.25, -0.2) is 0 Å². The number of hydrogen-bond acceptors (Lipinski definition) is 2. The maximum atomic E-state index is 6.15. The smallest absolute Gasteiger partial charge is 0.100 e. The predicted octanol–water partition coefficient (Wildman–Crippen LogP) is 3.99. The van der Waals surface area contributed by atoms with E-state index in [2.05, 4.69) is 59.3 Å². The second kappa shape index (κ2) is 5.18. The largest absolute Gasteiger partial charge is 0.363 e. The lowest BCUT2D eigenvalue weighted by atomic mass is 9.72. The van der Waals surface area contributed by atoms with Gasteiger partial charge in [-0.1, -0.05) is 33.8 Å². The minimum absolute atomic E-state index is 0.215. The van der Waals surface area contributed by atoms with Crippen LogP contribution >= 0.6 is 0 Å². The molecule has 0 radical (unpaired) electrons. The summed E-state index contributed by atoms with van der Waals surface area (Å²) in [7, 11) is 0. The van der Waals surface area contributed by atoms with Crippen molar-refractivity contribution in [1.29, 1.82) is 0 Å². The third-order valence-electron chi connectivity index (χ3n) is 3.86. The number of rotatable bonds is 4. The summed E-state index contributed by atoms with van der Waals surface area (Å²) in [6, 6.07) is 0. The van der Waals surface area contributed by atoms with E-state index in [1.807, 2.05) is 0 Å². The van der Waals surface area contributed by atoms with Crippen molar-refractivity contribution in [2.45, 2.75) is 47.1 Å². The Bertz CT molecular complexity index is 353. The average molecular weight is 235 g/mol. The first-order valence-electron chi connectivity index (χ1n) is 6.39. The molecule has 0 N–H and O–H groups in total. The van der Waals surface area contributed by atoms with Crippen molar-refractivity contribution in [2.24, 2.45) is 16.8 Å². The lowest BCUT2D eigenvalue weighted by molar-refractivity contribution is -0.0523. The molecule has 1 heterocycles. The van der Waals surface area contributed by atoms with Crippen molar-refractivity contribution in [3.8, 4) is 0 Å². The fourth-order valence-corrected chi connectivity index (χ4v) is 2.94. The first-order valence-corrected chi connectivity index (χ1v) is 6.39. The third kappa shape index (κ3) is 2.11. The summed E-state index contributed by atoms with van der Waals surface area (Å²) in [4.78, 5) is 4.16. The molecule has 0 atom stereocenters. The third-order valence-corrected chi connectivity index (χ3v) is 3.86. The van der Waals surface area contributed by atoms with E-state index in [0.717, 1.165) is 5.70 Å². The van der Waals surface area contributed by atoms with Crippen LogP contribution in [0.5, 0.6) is 0 Å². The molecule has 0 saturated heterocycles. The van der Waals surface area contributed by atoms with Crippen LogP contribution in [0.4, 0.5) is 0 Å². The molecule has 0 aromatic carbocycles. The molecule has 0 aromatic rings. The zero-order valence-electron chi connectivity index (χ0n) is 12.0. The molecule has 0 unspecified atom stereocenters. The minimum Gasteiger partial charge on any atom is -0.363 e. The van der Waals surface area contributed by atoms with Crippen LogP contribution < -0.4 is 0 Å². The number of allylic oxidation sites excluding steroid dienone is 1. The summed E-state index contributed by atoms with van der Waals surface area (Å²) in [5, 5.41) is 0. The van der Waals surface area contributed by atoms with Crippen molar-refractivity contribution < 1.29 is 4.74 Å². The molecule has 0 aliphatic carbocycles. The lowest BCUT2D eigenvalue weighted by Crippen LogP contribution is -2.43. The van der Waals surface area contributed by atoms with Gasteiger partial charge >= 0.3 is 0 Å². The van der Waals surface area contributed by atoms with Gasteiger partial charge in [0, 0.05) is 5.57 Å². The predicted molar refractivity (Wildman–Crippen MR) is 74.4 cm³/mol. The van der Waals surface area contributed by atoms with Gasteiger partial charge < -0.3 is 4.74 Å². The van der Waals surface area contributed by atoms with E-state index < -0.39 is 0 Å². The van der Waals surface area contributed by atoms with Crippen LogP contribution in [0, 0.1) is 11.8 Å². The molecule has 0 bridgehead atoms. The second-order valence-electron chi connectivity index (χ2n) is 5.34. The summed E-state index contributed by atoms with van der Waals surface area (Å²) in [5.74, 6) is 0.846.